The minimum Gasteiger partial charge on any atom is -0.414 e. The van der Waals surface area contributed by atoms with Crippen LogP contribution in [0.3, 0.4) is 0 Å². The van der Waals surface area contributed by atoms with Gasteiger partial charge in [-0.15, -0.1) is 0 Å². The van der Waals surface area contributed by atoms with Crippen molar-refractivity contribution >= 4 is 38.7 Å². The van der Waals surface area contributed by atoms with Crippen molar-refractivity contribution in [3.05, 3.63) is 55.9 Å². The topological polar surface area (TPSA) is 173 Å². The number of nitrogens with one attached hydrogen (secondary N) is 2. The molecule has 264 valence electrons. The highest BCUT2D eigenvalue weighted by Crippen LogP contribution is 2.52. The number of imide groups is 1. The van der Waals surface area contributed by atoms with Crippen LogP contribution in [-0.4, -0.2) is 70.5 Å². The summed E-state index contributed by atoms with van der Waals surface area (Å²) in [6.07, 6.45) is -2.64. The number of carbonyl (C=O) groups is 2. The van der Waals surface area contributed by atoms with Gasteiger partial charge in [0.15, 0.2) is 28.5 Å². The molecule has 1 spiro atoms. The van der Waals surface area contributed by atoms with Crippen LogP contribution < -0.4 is 21.9 Å². The maximum absolute atomic E-state index is 13.6. The van der Waals surface area contributed by atoms with Crippen LogP contribution in [0.15, 0.2) is 39.0 Å². The second-order valence-corrected chi connectivity index (χ2v) is 26.3. The molecule has 3 rings (SSSR count). The van der Waals surface area contributed by atoms with E-state index in [4.69, 9.17) is 17.8 Å². The van der Waals surface area contributed by atoms with Crippen LogP contribution in [-0.2, 0) is 39.7 Å². The molecule has 1 fully saturated rings. The zero-order chi connectivity index (χ0) is 36.3. The van der Waals surface area contributed by atoms with Gasteiger partial charge in [-0.3, -0.25) is 24.0 Å². The quantitative estimate of drug-likeness (QED) is 0.231. The second-order valence-electron chi connectivity index (χ2n) is 15.3. The lowest BCUT2D eigenvalue weighted by molar-refractivity contribution is -0.116. The highest BCUT2D eigenvalue weighted by Gasteiger charge is 2.68. The van der Waals surface area contributed by atoms with Gasteiger partial charge in [-0.05, 0) is 50.1 Å². The summed E-state index contributed by atoms with van der Waals surface area (Å²) in [5.74, 6) is -0.779. The number of nitrogens with zero attached hydrogens (tertiary/aromatic N) is 2. The van der Waals surface area contributed by atoms with E-state index >= 15 is 0 Å². The van der Waals surface area contributed by atoms with Gasteiger partial charge in [0.2, 0.25) is 0 Å². The Morgan fingerprint density at radius 1 is 1.06 bits per heavy atom. The van der Waals surface area contributed by atoms with Crippen LogP contribution in [0.5, 0.6) is 0 Å². The van der Waals surface area contributed by atoms with Crippen molar-refractivity contribution < 1.29 is 35.8 Å². The van der Waals surface area contributed by atoms with E-state index in [1.165, 1.54) is 31.7 Å². The number of carbonyl (C=O) groups excluding carboxylic acids is 2. The third-order valence-electron chi connectivity index (χ3n) is 9.65. The molecule has 2 aliphatic rings. The predicted octanol–water partition coefficient (Wildman–Crippen LogP) is 3.51. The summed E-state index contributed by atoms with van der Waals surface area (Å²) >= 11 is 0. The molecule has 0 aromatic carbocycles. The largest absolute Gasteiger partial charge is 0.414 e. The van der Waals surface area contributed by atoms with Gasteiger partial charge < -0.3 is 18.9 Å². The third-order valence-corrected chi connectivity index (χ3v) is 19.6. The van der Waals surface area contributed by atoms with Gasteiger partial charge in [0.05, 0.1) is 17.7 Å². The molecule has 2 aliphatic heterocycles. The summed E-state index contributed by atoms with van der Waals surface area (Å²) < 4.78 is 54.9. The van der Waals surface area contributed by atoms with Crippen LogP contribution in [0, 0.1) is 6.92 Å². The molecule has 2 N–H and O–H groups in total. The van der Waals surface area contributed by atoms with Crippen LogP contribution >= 0.6 is 0 Å². The molecule has 47 heavy (non-hydrogen) atoms. The van der Waals surface area contributed by atoms with Crippen molar-refractivity contribution in [2.45, 2.75) is 116 Å². The number of ether oxygens (including phenoxy) is 1. The Morgan fingerprint density at radius 3 is 2.13 bits per heavy atom. The molecule has 1 aromatic heterocycles. The normalized spacial score (nSPS) is 24.7. The molecule has 0 saturated carbocycles. The molecule has 1 aromatic rings. The maximum Gasteiger partial charge on any atom is 0.332 e. The first-order chi connectivity index (χ1) is 21.1. The zero-order valence-electron chi connectivity index (χ0n) is 29.7. The number of aryl methyl sites for hydroxylation is 1. The molecule has 1 saturated heterocycles. The lowest BCUT2D eigenvalue weighted by Crippen LogP contribution is -2.60. The Morgan fingerprint density at radius 2 is 1.62 bits per heavy atom. The van der Waals surface area contributed by atoms with Crippen LogP contribution in [0.4, 0.5) is 4.79 Å². The fraction of sp³-hybridized carbons (Fsp3) is 0.667. The van der Waals surface area contributed by atoms with Gasteiger partial charge in [0.25, 0.3) is 21.6 Å². The van der Waals surface area contributed by atoms with E-state index in [2.05, 4.69) is 17.2 Å². The SMILES string of the molecule is C=C(C)C(=O)NC(=O)NC1=CS(=O)(=O)O[C@@]12[C@@H](CO[Si](C)(C)C(C)(C)C)O[C@@H](n1cc(C)c(=O)n(C)c1=O)[C@@H]2O[Si](C)(C)C(C)(C)C. The fourth-order valence-corrected chi connectivity index (χ4v) is 8.23. The lowest BCUT2D eigenvalue weighted by atomic mass is 9.89. The van der Waals surface area contributed by atoms with Crippen molar-refractivity contribution in [2.24, 2.45) is 7.05 Å². The molecule has 0 aliphatic carbocycles. The van der Waals surface area contributed by atoms with Crippen LogP contribution in [0.25, 0.3) is 0 Å². The molecule has 3 heterocycles. The average molecular weight is 715 g/mol. The Labute approximate surface area is 278 Å². The second kappa shape index (κ2) is 12.7. The Hall–Kier alpha value is -2.68. The van der Waals surface area contributed by atoms with Gasteiger partial charge in [-0.2, -0.15) is 8.42 Å². The average Bonchev–Trinajstić information content (AvgIpc) is 3.33. The van der Waals surface area contributed by atoms with Gasteiger partial charge in [0, 0.05) is 24.4 Å². The number of aromatic nitrogens is 2. The summed E-state index contributed by atoms with van der Waals surface area (Å²) in [6, 6.07) is -1.04. The first-order valence-corrected chi connectivity index (χ1v) is 22.6. The Bertz CT molecular complexity index is 1720. The number of amides is 3. The first kappa shape index (κ1) is 38.8. The van der Waals surface area contributed by atoms with E-state index in [0.717, 1.165) is 9.98 Å². The highest BCUT2D eigenvalue weighted by molar-refractivity contribution is 7.90. The number of rotatable bonds is 8. The standard InChI is InChI=1S/C30H50N4O10SSi2/c1-18(2)23(35)32-26(37)31-20-17-45(39,40)44-30(20)21(16-41-46(11,12)28(4,5)6)42-25(22(30)43-47(13,14)29(7,8)9)34-15-19(3)24(36)33(10)27(34)38/h15,17,21-22,25H,1,16H2,2-14H3,(H2,31,32,35,37)/t21-,22+,25-,30-/m1/s1. The van der Waals surface area contributed by atoms with Crippen molar-refractivity contribution in [1.29, 1.82) is 0 Å². The molecule has 4 atom stereocenters. The number of urea groups is 1. The van der Waals surface area contributed by atoms with E-state index in [1.807, 2.05) is 67.7 Å². The van der Waals surface area contributed by atoms with Crippen molar-refractivity contribution in [2.75, 3.05) is 6.61 Å². The Balaban J connectivity index is 2.36. The van der Waals surface area contributed by atoms with Gasteiger partial charge in [-0.25, -0.2) is 13.8 Å². The van der Waals surface area contributed by atoms with Gasteiger partial charge in [-0.1, -0.05) is 48.1 Å². The molecule has 3 amide bonds. The van der Waals surface area contributed by atoms with E-state index in [-0.39, 0.29) is 28.5 Å². The zero-order valence-corrected chi connectivity index (χ0v) is 32.5. The maximum atomic E-state index is 13.6. The monoisotopic (exact) mass is 714 g/mol. The van der Waals surface area contributed by atoms with Crippen LogP contribution in [0.2, 0.25) is 36.3 Å². The molecule has 0 bridgehead atoms. The summed E-state index contributed by atoms with van der Waals surface area (Å²) in [5.41, 5.74) is -3.34. The van der Waals surface area contributed by atoms with Crippen LogP contribution in [0.1, 0.15) is 60.3 Å². The summed E-state index contributed by atoms with van der Waals surface area (Å²) in [7, 11) is -8.53. The predicted molar refractivity (Wildman–Crippen MR) is 182 cm³/mol. The van der Waals surface area contributed by atoms with E-state index in [9.17, 15) is 27.6 Å². The molecule has 14 nitrogen and oxygen atoms in total. The van der Waals surface area contributed by atoms with E-state index < -0.39 is 79.0 Å². The van der Waals surface area contributed by atoms with E-state index in [0.29, 0.717) is 0 Å². The molecule has 17 heteroatoms. The minimum absolute atomic E-state index is 0.0487. The smallest absolute Gasteiger partial charge is 0.332 e. The third kappa shape index (κ3) is 7.50. The minimum atomic E-state index is -4.49. The van der Waals surface area contributed by atoms with Crippen molar-refractivity contribution in [3.8, 4) is 0 Å². The molecular formula is C30H50N4O10SSi2. The summed E-state index contributed by atoms with van der Waals surface area (Å²) in [6.45, 7) is 26.2. The summed E-state index contributed by atoms with van der Waals surface area (Å²) in [5, 5.41) is 4.70. The molecular weight excluding hydrogens is 665 g/mol. The molecule has 0 radical (unpaired) electrons. The molecule has 0 unspecified atom stereocenters. The highest BCUT2D eigenvalue weighted by atomic mass is 32.2. The summed E-state index contributed by atoms with van der Waals surface area (Å²) in [4.78, 5) is 51.8. The van der Waals surface area contributed by atoms with E-state index in [1.54, 1.807) is 0 Å². The van der Waals surface area contributed by atoms with Crippen molar-refractivity contribution in [1.82, 2.24) is 19.8 Å². The first-order valence-electron chi connectivity index (χ1n) is 15.3. The Kier molecular flexibility index (Phi) is 10.4. The lowest BCUT2D eigenvalue weighted by Gasteiger charge is -2.44. The van der Waals surface area contributed by atoms with Crippen molar-refractivity contribution in [3.63, 3.8) is 0 Å². The van der Waals surface area contributed by atoms with Gasteiger partial charge >= 0.3 is 11.7 Å². The number of hydrogen-bond donors (Lipinski definition) is 2. The van der Waals surface area contributed by atoms with Gasteiger partial charge in [0.1, 0.15) is 12.2 Å². The number of hydrogen-bond acceptors (Lipinski definition) is 10. The fourth-order valence-electron chi connectivity index (χ4n) is 4.69.